The molecule has 0 spiro atoms. The highest BCUT2D eigenvalue weighted by Gasteiger charge is 2.16. The molecule has 130 valence electrons. The van der Waals surface area contributed by atoms with Crippen LogP contribution in [0.15, 0.2) is 54.6 Å². The van der Waals surface area contributed by atoms with Crippen LogP contribution in [-0.2, 0) is 9.59 Å². The van der Waals surface area contributed by atoms with Crippen molar-refractivity contribution < 1.29 is 18.7 Å². The molecular formula is C18H16ClFN2O3. The van der Waals surface area contributed by atoms with Gasteiger partial charge in [0, 0.05) is 11.1 Å². The molecule has 25 heavy (non-hydrogen) atoms. The van der Waals surface area contributed by atoms with Crippen LogP contribution in [0.25, 0.3) is 6.08 Å². The van der Waals surface area contributed by atoms with Gasteiger partial charge in [-0.05, 0) is 42.8 Å². The van der Waals surface area contributed by atoms with Crippen molar-refractivity contribution in [3.05, 3.63) is 71.0 Å². The number of nitrogens with one attached hydrogen (secondary N) is 2. The number of hydrogen-bond acceptors (Lipinski definition) is 3. The van der Waals surface area contributed by atoms with E-state index in [1.165, 1.54) is 31.2 Å². The Morgan fingerprint density at radius 3 is 2.48 bits per heavy atom. The van der Waals surface area contributed by atoms with Crippen LogP contribution in [0, 0.1) is 5.82 Å². The lowest BCUT2D eigenvalue weighted by molar-refractivity contribution is -0.131. The molecule has 0 aromatic heterocycles. The number of ether oxygens (including phenoxy) is 1. The third kappa shape index (κ3) is 5.93. The van der Waals surface area contributed by atoms with Crippen LogP contribution in [0.5, 0.6) is 5.75 Å². The number of hydrazine groups is 1. The first-order valence-corrected chi connectivity index (χ1v) is 7.78. The third-order valence-corrected chi connectivity index (χ3v) is 3.37. The second kappa shape index (κ2) is 8.84. The predicted molar refractivity (Wildman–Crippen MR) is 93.3 cm³/mol. The highest BCUT2D eigenvalue weighted by Crippen LogP contribution is 2.16. The number of hydrogen-bond donors (Lipinski definition) is 2. The van der Waals surface area contributed by atoms with Gasteiger partial charge in [-0.2, -0.15) is 0 Å². The van der Waals surface area contributed by atoms with Crippen molar-refractivity contribution in [3.63, 3.8) is 0 Å². The third-order valence-electron chi connectivity index (χ3n) is 3.12. The summed E-state index contributed by atoms with van der Waals surface area (Å²) in [5, 5.41) is 0.595. The molecule has 2 aromatic carbocycles. The Hall–Kier alpha value is -2.86. The van der Waals surface area contributed by atoms with Gasteiger partial charge < -0.3 is 4.74 Å². The Morgan fingerprint density at radius 1 is 1.12 bits per heavy atom. The van der Waals surface area contributed by atoms with Gasteiger partial charge >= 0.3 is 0 Å². The van der Waals surface area contributed by atoms with E-state index in [-0.39, 0.29) is 5.75 Å². The van der Waals surface area contributed by atoms with Crippen molar-refractivity contribution in [1.29, 1.82) is 0 Å². The van der Waals surface area contributed by atoms with Crippen LogP contribution < -0.4 is 15.6 Å². The molecule has 0 aliphatic heterocycles. The minimum Gasteiger partial charge on any atom is -0.478 e. The number of halogens is 2. The van der Waals surface area contributed by atoms with Crippen LogP contribution in [-0.4, -0.2) is 17.9 Å². The minimum absolute atomic E-state index is 0.0425. The van der Waals surface area contributed by atoms with Crippen molar-refractivity contribution in [2.45, 2.75) is 13.0 Å². The van der Waals surface area contributed by atoms with Crippen LogP contribution >= 0.6 is 11.6 Å². The average Bonchev–Trinajstić information content (AvgIpc) is 2.61. The minimum atomic E-state index is -0.988. The Balaban J connectivity index is 1.81. The molecule has 5 nitrogen and oxygen atoms in total. The van der Waals surface area contributed by atoms with Crippen LogP contribution in [0.2, 0.25) is 5.02 Å². The number of carbonyl (C=O) groups excluding carboxylic acids is 2. The summed E-state index contributed by atoms with van der Waals surface area (Å²) in [5.41, 5.74) is 5.21. The molecule has 0 bridgehead atoms. The normalized spacial score (nSPS) is 11.8. The van der Waals surface area contributed by atoms with Crippen molar-refractivity contribution in [1.82, 2.24) is 10.9 Å². The number of rotatable bonds is 5. The Kier molecular flexibility index (Phi) is 6.54. The molecule has 0 radical (unpaired) electrons. The molecule has 0 heterocycles. The summed E-state index contributed by atoms with van der Waals surface area (Å²) >= 11 is 5.77. The quantitative estimate of drug-likeness (QED) is 0.634. The SMILES string of the molecule is CC(Oc1ccccc1F)C(=O)NNC(=O)/C=C/c1ccc(Cl)cc1. The molecule has 0 fully saturated rings. The van der Waals surface area contributed by atoms with E-state index in [0.29, 0.717) is 5.02 Å². The summed E-state index contributed by atoms with van der Waals surface area (Å²) in [4.78, 5) is 23.5. The smallest absolute Gasteiger partial charge is 0.279 e. The van der Waals surface area contributed by atoms with Crippen molar-refractivity contribution in [2.24, 2.45) is 0 Å². The standard InChI is InChI=1S/C18H16ClFN2O3/c1-12(25-16-5-3-2-4-15(16)20)18(24)22-21-17(23)11-8-13-6-9-14(19)10-7-13/h2-12H,1H3,(H,21,23)(H,22,24)/b11-8+. The lowest BCUT2D eigenvalue weighted by Crippen LogP contribution is -2.46. The van der Waals surface area contributed by atoms with E-state index >= 15 is 0 Å². The highest BCUT2D eigenvalue weighted by atomic mass is 35.5. The molecule has 2 aromatic rings. The summed E-state index contributed by atoms with van der Waals surface area (Å²) in [5.74, 6) is -1.76. The van der Waals surface area contributed by atoms with E-state index in [9.17, 15) is 14.0 Å². The van der Waals surface area contributed by atoms with Gasteiger partial charge in [0.15, 0.2) is 17.7 Å². The zero-order chi connectivity index (χ0) is 18.2. The number of para-hydroxylation sites is 1. The molecule has 0 aliphatic rings. The van der Waals surface area contributed by atoms with Gasteiger partial charge in [-0.1, -0.05) is 35.9 Å². The molecule has 1 unspecified atom stereocenters. The fourth-order valence-corrected chi connectivity index (χ4v) is 1.92. The zero-order valence-electron chi connectivity index (χ0n) is 13.3. The van der Waals surface area contributed by atoms with Gasteiger partial charge in [0.1, 0.15) is 0 Å². The summed E-state index contributed by atoms with van der Waals surface area (Å²) in [6.45, 7) is 1.44. The Bertz CT molecular complexity index is 778. The molecule has 1 atom stereocenters. The monoisotopic (exact) mass is 362 g/mol. The van der Waals surface area contributed by atoms with E-state index in [4.69, 9.17) is 16.3 Å². The summed E-state index contributed by atoms with van der Waals surface area (Å²) in [7, 11) is 0. The van der Waals surface area contributed by atoms with Crippen molar-refractivity contribution in [2.75, 3.05) is 0 Å². The lowest BCUT2D eigenvalue weighted by Gasteiger charge is -2.15. The highest BCUT2D eigenvalue weighted by molar-refractivity contribution is 6.30. The van der Waals surface area contributed by atoms with E-state index in [1.54, 1.807) is 36.4 Å². The first-order valence-electron chi connectivity index (χ1n) is 7.40. The topological polar surface area (TPSA) is 67.4 Å². The first kappa shape index (κ1) is 18.5. The fraction of sp³-hybridized carbons (Fsp3) is 0.111. The molecule has 2 N–H and O–H groups in total. The second-order valence-electron chi connectivity index (χ2n) is 5.05. The molecule has 2 amide bonds. The van der Waals surface area contributed by atoms with Crippen LogP contribution in [0.4, 0.5) is 4.39 Å². The molecule has 2 rings (SSSR count). The summed E-state index contributed by atoms with van der Waals surface area (Å²) in [6.07, 6.45) is 1.83. The summed E-state index contributed by atoms with van der Waals surface area (Å²) < 4.78 is 18.7. The second-order valence-corrected chi connectivity index (χ2v) is 5.49. The van der Waals surface area contributed by atoms with Crippen molar-refractivity contribution in [3.8, 4) is 5.75 Å². The zero-order valence-corrected chi connectivity index (χ0v) is 14.1. The number of benzene rings is 2. The molecule has 0 saturated heterocycles. The lowest BCUT2D eigenvalue weighted by atomic mass is 10.2. The molecule has 0 saturated carbocycles. The number of amides is 2. The van der Waals surface area contributed by atoms with Gasteiger partial charge in [0.25, 0.3) is 11.8 Å². The molecule has 7 heteroatoms. The van der Waals surface area contributed by atoms with Gasteiger partial charge in [0.05, 0.1) is 0 Å². The van der Waals surface area contributed by atoms with Gasteiger partial charge in [-0.3, -0.25) is 20.4 Å². The van der Waals surface area contributed by atoms with E-state index in [0.717, 1.165) is 5.56 Å². The largest absolute Gasteiger partial charge is 0.478 e. The van der Waals surface area contributed by atoms with Crippen molar-refractivity contribution >= 4 is 29.5 Å². The maximum atomic E-state index is 13.5. The average molecular weight is 363 g/mol. The van der Waals surface area contributed by atoms with E-state index in [1.807, 2.05) is 0 Å². The first-order chi connectivity index (χ1) is 12.0. The maximum absolute atomic E-state index is 13.5. The fourth-order valence-electron chi connectivity index (χ4n) is 1.80. The predicted octanol–water partition coefficient (Wildman–Crippen LogP) is 3.11. The Morgan fingerprint density at radius 2 is 1.80 bits per heavy atom. The van der Waals surface area contributed by atoms with E-state index in [2.05, 4.69) is 10.9 Å². The van der Waals surface area contributed by atoms with Crippen LogP contribution in [0.3, 0.4) is 0 Å². The van der Waals surface area contributed by atoms with Gasteiger partial charge in [-0.25, -0.2) is 4.39 Å². The Labute approximate surface area is 149 Å². The number of carbonyl (C=O) groups is 2. The summed E-state index contributed by atoms with van der Waals surface area (Å²) in [6, 6.07) is 12.6. The van der Waals surface area contributed by atoms with Gasteiger partial charge in [0.2, 0.25) is 0 Å². The van der Waals surface area contributed by atoms with E-state index < -0.39 is 23.7 Å². The van der Waals surface area contributed by atoms with Gasteiger partial charge in [-0.15, -0.1) is 0 Å². The maximum Gasteiger partial charge on any atom is 0.279 e. The molecular weight excluding hydrogens is 347 g/mol. The van der Waals surface area contributed by atoms with Crippen LogP contribution in [0.1, 0.15) is 12.5 Å². The molecule has 0 aliphatic carbocycles.